The molecule has 0 bridgehead atoms. The van der Waals surface area contributed by atoms with Gasteiger partial charge in [-0.2, -0.15) is 0 Å². The number of Topliss-reactive ketones (excluding diaryl/α,β-unsaturated/α-hetero) is 1. The average molecular weight is 524 g/mol. The minimum atomic E-state index is -0.992. The number of nitrogens with one attached hydrogen (secondary N) is 1. The number of piperidine rings is 1. The van der Waals surface area contributed by atoms with Crippen molar-refractivity contribution in [3.8, 4) is 0 Å². The second-order valence-corrected chi connectivity index (χ2v) is 10.5. The van der Waals surface area contributed by atoms with Gasteiger partial charge in [0.25, 0.3) is 0 Å². The molecule has 0 spiro atoms. The van der Waals surface area contributed by atoms with Crippen molar-refractivity contribution in [1.29, 1.82) is 0 Å². The Morgan fingerprint density at radius 1 is 1.11 bits per heavy atom. The van der Waals surface area contributed by atoms with E-state index in [1.165, 1.54) is 11.8 Å². The molecule has 0 aliphatic carbocycles. The van der Waals surface area contributed by atoms with E-state index in [0.29, 0.717) is 23.0 Å². The first kappa shape index (κ1) is 26.0. The van der Waals surface area contributed by atoms with E-state index in [1.54, 1.807) is 19.1 Å². The molecule has 2 aliphatic heterocycles. The molecule has 4 rings (SSSR count). The van der Waals surface area contributed by atoms with Crippen molar-refractivity contribution in [3.05, 3.63) is 83.4 Å². The molecule has 2 aromatic carbocycles. The van der Waals surface area contributed by atoms with Crippen molar-refractivity contribution in [2.45, 2.75) is 36.0 Å². The number of carbonyl (C=O) groups is 3. The maximum absolute atomic E-state index is 13.4. The lowest BCUT2D eigenvalue weighted by molar-refractivity contribution is -0.133. The summed E-state index contributed by atoms with van der Waals surface area (Å²) in [5.41, 5.74) is 1.64. The topological polar surface area (TPSA) is 69.7 Å². The van der Waals surface area contributed by atoms with Gasteiger partial charge in [0.15, 0.2) is 5.78 Å². The normalized spacial score (nSPS) is 22.9. The molecule has 6 nitrogen and oxygen atoms in total. The lowest BCUT2D eigenvalue weighted by atomic mass is 9.75. The van der Waals surface area contributed by atoms with Gasteiger partial charge in [0.1, 0.15) is 5.25 Å². The minimum Gasteiger partial charge on any atom is -0.368 e. The Balaban J connectivity index is 1.59. The molecule has 2 heterocycles. The van der Waals surface area contributed by atoms with Gasteiger partial charge in [-0.3, -0.25) is 14.4 Å². The van der Waals surface area contributed by atoms with Crippen LogP contribution in [0.25, 0.3) is 0 Å². The number of hydrogen-bond donors (Lipinski definition) is 1. The van der Waals surface area contributed by atoms with E-state index in [4.69, 9.17) is 11.6 Å². The highest BCUT2D eigenvalue weighted by Gasteiger charge is 2.47. The first-order chi connectivity index (χ1) is 17.3. The Hall–Kier alpha value is -3.03. The molecular formula is C28H30ClN3O3S. The third-order valence-electron chi connectivity index (χ3n) is 6.86. The number of nitrogens with zero attached hydrogens (tertiary/aromatic N) is 2. The zero-order valence-electron chi connectivity index (χ0n) is 20.5. The lowest BCUT2D eigenvalue weighted by Gasteiger charge is -2.41. The Morgan fingerprint density at radius 3 is 2.33 bits per heavy atom. The molecule has 0 aromatic heterocycles. The van der Waals surface area contributed by atoms with E-state index in [0.717, 1.165) is 29.9 Å². The SMILES string of the molecule is C=CC(=CC)C1(c2ccc(N3CCN(C(C)=O)CC3)cc2)CC(=O)C(Sc2ccccc2Cl)C(=O)N1. The smallest absolute Gasteiger partial charge is 0.242 e. The van der Waals surface area contributed by atoms with Crippen LogP contribution in [0.2, 0.25) is 5.02 Å². The van der Waals surface area contributed by atoms with Crippen molar-refractivity contribution >= 4 is 46.6 Å². The highest BCUT2D eigenvalue weighted by Crippen LogP contribution is 2.41. The largest absolute Gasteiger partial charge is 0.368 e. The fraction of sp³-hybridized carbons (Fsp3) is 0.321. The number of piperazine rings is 1. The first-order valence-corrected chi connectivity index (χ1v) is 13.2. The Morgan fingerprint density at radius 2 is 1.78 bits per heavy atom. The zero-order chi connectivity index (χ0) is 25.9. The number of anilines is 1. The van der Waals surface area contributed by atoms with Gasteiger partial charge in [-0.1, -0.05) is 54.6 Å². The summed E-state index contributed by atoms with van der Waals surface area (Å²) in [5.74, 6) is -0.407. The quantitative estimate of drug-likeness (QED) is 0.443. The zero-order valence-corrected chi connectivity index (χ0v) is 22.1. The van der Waals surface area contributed by atoms with E-state index in [9.17, 15) is 14.4 Å². The average Bonchev–Trinajstić information content (AvgIpc) is 2.88. The highest BCUT2D eigenvalue weighted by atomic mass is 35.5. The molecule has 2 aliphatic rings. The molecule has 2 amide bonds. The molecule has 2 fully saturated rings. The fourth-order valence-electron chi connectivity index (χ4n) is 4.90. The van der Waals surface area contributed by atoms with Gasteiger partial charge in [-0.25, -0.2) is 0 Å². The number of rotatable bonds is 6. The molecule has 0 saturated carbocycles. The maximum Gasteiger partial charge on any atom is 0.242 e. The number of amides is 2. The van der Waals surface area contributed by atoms with Crippen LogP contribution in [0.5, 0.6) is 0 Å². The van der Waals surface area contributed by atoms with Gasteiger partial charge >= 0.3 is 0 Å². The van der Waals surface area contributed by atoms with Crippen molar-refractivity contribution in [2.75, 3.05) is 31.1 Å². The van der Waals surface area contributed by atoms with Crippen LogP contribution in [0.15, 0.2) is 77.7 Å². The summed E-state index contributed by atoms with van der Waals surface area (Å²) in [6.07, 6.45) is 3.70. The van der Waals surface area contributed by atoms with Crippen LogP contribution in [0, 0.1) is 0 Å². The molecule has 2 saturated heterocycles. The van der Waals surface area contributed by atoms with Gasteiger partial charge in [0, 0.05) is 50.1 Å². The summed E-state index contributed by atoms with van der Waals surface area (Å²) >= 11 is 7.46. The molecule has 188 valence electrons. The third-order valence-corrected chi connectivity index (χ3v) is 8.63. The van der Waals surface area contributed by atoms with Crippen LogP contribution in [-0.2, 0) is 19.9 Å². The monoisotopic (exact) mass is 523 g/mol. The Bertz CT molecular complexity index is 1180. The van der Waals surface area contributed by atoms with Crippen LogP contribution in [0.3, 0.4) is 0 Å². The number of ketones is 1. The van der Waals surface area contributed by atoms with E-state index in [-0.39, 0.29) is 24.0 Å². The molecule has 36 heavy (non-hydrogen) atoms. The third kappa shape index (κ3) is 5.08. The predicted molar refractivity (Wildman–Crippen MR) is 145 cm³/mol. The van der Waals surface area contributed by atoms with E-state index in [1.807, 2.05) is 60.4 Å². The van der Waals surface area contributed by atoms with Gasteiger partial charge in [0.2, 0.25) is 11.8 Å². The lowest BCUT2D eigenvalue weighted by Crippen LogP contribution is -2.58. The second-order valence-electron chi connectivity index (χ2n) is 8.95. The predicted octanol–water partition coefficient (Wildman–Crippen LogP) is 4.59. The summed E-state index contributed by atoms with van der Waals surface area (Å²) in [6.45, 7) is 10.3. The molecule has 2 aromatic rings. The van der Waals surface area contributed by atoms with E-state index in [2.05, 4.69) is 16.8 Å². The van der Waals surface area contributed by atoms with Gasteiger partial charge in [-0.05, 0) is 42.3 Å². The minimum absolute atomic E-state index is 0.0963. The Labute approximate surface area is 221 Å². The highest BCUT2D eigenvalue weighted by molar-refractivity contribution is 8.01. The summed E-state index contributed by atoms with van der Waals surface area (Å²) in [7, 11) is 0. The molecule has 2 unspecified atom stereocenters. The number of carbonyl (C=O) groups excluding carboxylic acids is 3. The molecule has 8 heteroatoms. The number of hydrogen-bond acceptors (Lipinski definition) is 5. The van der Waals surface area contributed by atoms with E-state index >= 15 is 0 Å². The molecule has 0 radical (unpaired) electrons. The van der Waals surface area contributed by atoms with Gasteiger partial charge in [-0.15, -0.1) is 11.8 Å². The van der Waals surface area contributed by atoms with Crippen LogP contribution >= 0.6 is 23.4 Å². The van der Waals surface area contributed by atoms with Crippen LogP contribution in [-0.4, -0.2) is 53.9 Å². The molecule has 1 N–H and O–H groups in total. The van der Waals surface area contributed by atoms with Crippen LogP contribution < -0.4 is 10.2 Å². The number of thioether (sulfide) groups is 1. The Kier molecular flexibility index (Phi) is 7.91. The number of halogens is 1. The van der Waals surface area contributed by atoms with Crippen molar-refractivity contribution in [2.24, 2.45) is 0 Å². The summed E-state index contributed by atoms with van der Waals surface area (Å²) in [4.78, 5) is 43.2. The molecule has 2 atom stereocenters. The second kappa shape index (κ2) is 10.9. The maximum atomic E-state index is 13.4. The standard InChI is InChI=1S/C28H30ClN3O3S/c1-4-20(5-2)28(18-24(34)26(27(35)30-28)36-25-9-7-6-8-23(25)29)21-10-12-22(13-11-21)32-16-14-31(15-17-32)19(3)33/h4-13,26H,1,14-18H2,2-3H3,(H,30,35). The van der Waals surface area contributed by atoms with Gasteiger partial charge < -0.3 is 15.1 Å². The summed E-state index contributed by atoms with van der Waals surface area (Å²) in [6, 6.07) is 15.2. The number of allylic oxidation sites excluding steroid dienone is 1. The van der Waals surface area contributed by atoms with Crippen LogP contribution in [0.4, 0.5) is 5.69 Å². The summed E-state index contributed by atoms with van der Waals surface area (Å²) < 4.78 is 0. The van der Waals surface area contributed by atoms with Gasteiger partial charge in [0.05, 0.1) is 10.6 Å². The van der Waals surface area contributed by atoms with E-state index < -0.39 is 10.8 Å². The van der Waals surface area contributed by atoms with Crippen molar-refractivity contribution in [3.63, 3.8) is 0 Å². The first-order valence-electron chi connectivity index (χ1n) is 11.9. The van der Waals surface area contributed by atoms with Crippen LogP contribution in [0.1, 0.15) is 25.8 Å². The fourth-order valence-corrected chi connectivity index (χ4v) is 6.14. The summed E-state index contributed by atoms with van der Waals surface area (Å²) in [5, 5.41) is 2.80. The molecular weight excluding hydrogens is 494 g/mol. The number of benzene rings is 2. The van der Waals surface area contributed by atoms with Crippen molar-refractivity contribution in [1.82, 2.24) is 10.2 Å². The van der Waals surface area contributed by atoms with Crippen molar-refractivity contribution < 1.29 is 14.4 Å².